The largest absolute Gasteiger partial charge is 0.493 e. The monoisotopic (exact) mass is 724 g/mol. The van der Waals surface area contributed by atoms with Crippen molar-refractivity contribution in [3.05, 3.63) is 121 Å². The number of aryl methyl sites for hydroxylation is 4. The van der Waals surface area contributed by atoms with Gasteiger partial charge in [0.2, 0.25) is 0 Å². The second kappa shape index (κ2) is 17.9. The van der Waals surface area contributed by atoms with Gasteiger partial charge in [-0.05, 0) is 124 Å². The lowest BCUT2D eigenvalue weighted by Crippen LogP contribution is -1.98. The number of ether oxygens (including phenoxy) is 4. The molecule has 0 radical (unpaired) electrons. The summed E-state index contributed by atoms with van der Waals surface area (Å²) in [5.41, 5.74) is 5.96. The zero-order valence-electron chi connectivity index (χ0n) is 30.4. The summed E-state index contributed by atoms with van der Waals surface area (Å²) in [5.74, 6) is 3.36. The lowest BCUT2D eigenvalue weighted by Gasteiger charge is -2.10. The molecule has 0 N–H and O–H groups in total. The van der Waals surface area contributed by atoms with Gasteiger partial charge in [-0.15, -0.1) is 31.1 Å². The molecular formula is C44H46F2O5S. The minimum absolute atomic E-state index is 0.185. The molecule has 2 aromatic heterocycles. The predicted molar refractivity (Wildman–Crippen MR) is 213 cm³/mol. The first-order valence-electron chi connectivity index (χ1n) is 17.4. The molecule has 0 amide bonds. The molecule has 6 aromatic rings. The smallest absolute Gasteiger partial charge is 0.266 e. The summed E-state index contributed by atoms with van der Waals surface area (Å²) >= 11 is 1.73. The molecule has 5 nitrogen and oxygen atoms in total. The van der Waals surface area contributed by atoms with Gasteiger partial charge in [0.05, 0.1) is 26.4 Å². The molecule has 0 atom stereocenters. The first kappa shape index (κ1) is 38.2. The highest BCUT2D eigenvalue weighted by atomic mass is 32.1. The molecule has 4 aromatic carbocycles. The van der Waals surface area contributed by atoms with E-state index in [9.17, 15) is 8.78 Å². The Hall–Kier alpha value is -5.08. The number of thiophene rings is 1. The van der Waals surface area contributed by atoms with Crippen molar-refractivity contribution in [1.82, 2.24) is 0 Å². The third-order valence-electron chi connectivity index (χ3n) is 8.54. The quantitative estimate of drug-likeness (QED) is 0.0735. The van der Waals surface area contributed by atoms with Crippen molar-refractivity contribution in [2.45, 2.75) is 53.4 Å². The molecule has 0 saturated carbocycles. The highest BCUT2D eigenvalue weighted by Gasteiger charge is 2.15. The number of hydrogen-bond acceptors (Lipinski definition) is 6. The van der Waals surface area contributed by atoms with Crippen LogP contribution in [0.5, 0.6) is 23.0 Å². The van der Waals surface area contributed by atoms with Crippen molar-refractivity contribution in [3.63, 3.8) is 0 Å². The molecule has 0 fully saturated rings. The summed E-state index contributed by atoms with van der Waals surface area (Å²) in [6, 6.07) is 16.5. The van der Waals surface area contributed by atoms with Gasteiger partial charge in [0.25, 0.3) is 6.08 Å². The summed E-state index contributed by atoms with van der Waals surface area (Å²) in [6.45, 7) is 21.3. The highest BCUT2D eigenvalue weighted by molar-refractivity contribution is 7.25. The molecule has 0 saturated heterocycles. The molecule has 0 unspecified atom stereocenters. The van der Waals surface area contributed by atoms with Crippen molar-refractivity contribution in [2.24, 2.45) is 0 Å². The van der Waals surface area contributed by atoms with Crippen molar-refractivity contribution >= 4 is 53.4 Å². The number of rotatable bonds is 16. The summed E-state index contributed by atoms with van der Waals surface area (Å²) in [6.07, 6.45) is 7.39. The fourth-order valence-corrected chi connectivity index (χ4v) is 7.04. The Kier molecular flexibility index (Phi) is 13.1. The first-order valence-corrected chi connectivity index (χ1v) is 18.2. The van der Waals surface area contributed by atoms with E-state index in [0.29, 0.717) is 19.8 Å². The Morgan fingerprint density at radius 2 is 0.885 bits per heavy atom. The van der Waals surface area contributed by atoms with E-state index < -0.39 is 6.08 Å². The molecule has 0 aliphatic carbocycles. The van der Waals surface area contributed by atoms with Crippen LogP contribution in [-0.2, 0) is 0 Å². The van der Waals surface area contributed by atoms with Gasteiger partial charge < -0.3 is 23.4 Å². The zero-order chi connectivity index (χ0) is 37.2. The van der Waals surface area contributed by atoms with Crippen LogP contribution in [0.1, 0.15) is 47.9 Å². The van der Waals surface area contributed by atoms with E-state index in [1.54, 1.807) is 11.3 Å². The van der Waals surface area contributed by atoms with Crippen molar-refractivity contribution < 1.29 is 32.1 Å². The van der Waals surface area contributed by atoms with Crippen molar-refractivity contribution in [1.29, 1.82) is 0 Å². The summed E-state index contributed by atoms with van der Waals surface area (Å²) in [5, 5.41) is 4.30. The standard InChI is InChI=1S/C22H22F2O2S.C22H24O3/c1-4-5-8-25-18-12-16-17-13-19(26-9-6-7-22(23)24)15(3)11-21(17)27-20(16)10-14(18)2;1-5-7-9-23-19-13-17-18-14-20(24-10-8-6-2)16(4)12-22(18)25-21(17)11-15(19)3/h4,7,10-13H,1,5-6,8-9H2,2-3H3;5-6,11-14H,1-2,7-10H2,3-4H3. The average Bonchev–Trinajstić information content (AvgIpc) is 3.62. The van der Waals surface area contributed by atoms with Gasteiger partial charge in [-0.1, -0.05) is 18.2 Å². The molecule has 0 aliphatic heterocycles. The number of hydrogen-bond donors (Lipinski definition) is 0. The lowest BCUT2D eigenvalue weighted by atomic mass is 10.1. The van der Waals surface area contributed by atoms with Gasteiger partial charge >= 0.3 is 0 Å². The number of fused-ring (bicyclic) bond motifs is 6. The Balaban J connectivity index is 0.000000202. The molecule has 272 valence electrons. The first-order chi connectivity index (χ1) is 25.1. The summed E-state index contributed by atoms with van der Waals surface area (Å²) < 4.78 is 56.1. The van der Waals surface area contributed by atoms with Gasteiger partial charge in [0, 0.05) is 37.4 Å². The molecule has 52 heavy (non-hydrogen) atoms. The van der Waals surface area contributed by atoms with Gasteiger partial charge in [0.15, 0.2) is 0 Å². The molecule has 0 aliphatic rings. The van der Waals surface area contributed by atoms with Crippen LogP contribution in [0.25, 0.3) is 42.1 Å². The second-order valence-corrected chi connectivity index (χ2v) is 13.7. The highest BCUT2D eigenvalue weighted by Crippen LogP contribution is 2.41. The van der Waals surface area contributed by atoms with Gasteiger partial charge in [0.1, 0.15) is 34.2 Å². The van der Waals surface area contributed by atoms with Crippen LogP contribution < -0.4 is 18.9 Å². The molecule has 2 heterocycles. The van der Waals surface area contributed by atoms with Crippen LogP contribution in [0, 0.1) is 27.7 Å². The van der Waals surface area contributed by atoms with Crippen molar-refractivity contribution in [2.75, 3.05) is 26.4 Å². The molecule has 8 heteroatoms. The Labute approximate surface area is 308 Å². The van der Waals surface area contributed by atoms with Crippen LogP contribution in [0.4, 0.5) is 8.78 Å². The van der Waals surface area contributed by atoms with Crippen LogP contribution >= 0.6 is 11.3 Å². The Bertz CT molecular complexity index is 2160. The van der Waals surface area contributed by atoms with Crippen LogP contribution in [0.15, 0.2) is 103 Å². The normalized spacial score (nSPS) is 11.0. The van der Waals surface area contributed by atoms with E-state index in [-0.39, 0.29) is 13.0 Å². The number of halogens is 2. The molecular weight excluding hydrogens is 679 g/mol. The minimum Gasteiger partial charge on any atom is -0.493 e. The van der Waals surface area contributed by atoms with E-state index in [0.717, 1.165) is 103 Å². The Morgan fingerprint density at radius 3 is 1.25 bits per heavy atom. The molecule has 0 spiro atoms. The van der Waals surface area contributed by atoms with Crippen LogP contribution in [0.2, 0.25) is 0 Å². The fourth-order valence-electron chi connectivity index (χ4n) is 5.78. The maximum atomic E-state index is 12.2. The summed E-state index contributed by atoms with van der Waals surface area (Å²) in [7, 11) is 0. The van der Waals surface area contributed by atoms with E-state index in [1.807, 2.05) is 64.1 Å². The van der Waals surface area contributed by atoms with Gasteiger partial charge in [-0.2, -0.15) is 8.78 Å². The second-order valence-electron chi connectivity index (χ2n) is 12.6. The maximum absolute atomic E-state index is 12.2. The molecule has 0 bridgehead atoms. The van der Waals surface area contributed by atoms with E-state index in [4.69, 9.17) is 23.4 Å². The topological polar surface area (TPSA) is 50.1 Å². The van der Waals surface area contributed by atoms with Crippen LogP contribution in [0.3, 0.4) is 0 Å². The van der Waals surface area contributed by atoms with E-state index in [2.05, 4.69) is 50.1 Å². The van der Waals surface area contributed by atoms with Gasteiger partial charge in [-0.25, -0.2) is 0 Å². The maximum Gasteiger partial charge on any atom is 0.266 e. The van der Waals surface area contributed by atoms with E-state index >= 15 is 0 Å². The number of furan rings is 1. The fraction of sp³-hybridized carbons (Fsp3) is 0.273. The lowest BCUT2D eigenvalue weighted by molar-refractivity contribution is 0.318. The SMILES string of the molecule is C=CCCOc1cc2c(cc1C)oc1cc(C)c(OCCC=C)cc12.C=CCCOc1cc2c(cc1C)sc1cc(C)c(OCCC=C(F)F)cc12. The summed E-state index contributed by atoms with van der Waals surface area (Å²) in [4.78, 5) is 0. The number of benzene rings is 4. The molecule has 6 rings (SSSR count). The average molecular weight is 725 g/mol. The predicted octanol–water partition coefficient (Wildman–Crippen LogP) is 13.3. The van der Waals surface area contributed by atoms with Crippen LogP contribution in [-0.4, -0.2) is 26.4 Å². The third-order valence-corrected chi connectivity index (χ3v) is 9.66. The zero-order valence-corrected chi connectivity index (χ0v) is 31.2. The third kappa shape index (κ3) is 9.22. The van der Waals surface area contributed by atoms with Gasteiger partial charge in [-0.3, -0.25) is 0 Å². The Morgan fingerprint density at radius 1 is 0.538 bits per heavy atom. The van der Waals surface area contributed by atoms with E-state index in [1.165, 1.54) is 9.40 Å². The minimum atomic E-state index is -1.67. The van der Waals surface area contributed by atoms with Crippen molar-refractivity contribution in [3.8, 4) is 23.0 Å².